The van der Waals surface area contributed by atoms with Gasteiger partial charge in [-0.3, -0.25) is 0 Å². The van der Waals surface area contributed by atoms with Crippen molar-refractivity contribution in [3.63, 3.8) is 0 Å². The number of carbonyl (C=O) groups is 1. The van der Waals surface area contributed by atoms with Crippen LogP contribution in [0.1, 0.15) is 22.9 Å². The van der Waals surface area contributed by atoms with Crippen molar-refractivity contribution in [1.29, 1.82) is 0 Å². The Labute approximate surface area is 204 Å². The van der Waals surface area contributed by atoms with E-state index in [2.05, 4.69) is 28.1 Å². The summed E-state index contributed by atoms with van der Waals surface area (Å²) in [5.74, 6) is 1.92. The van der Waals surface area contributed by atoms with E-state index in [1.807, 2.05) is 65.7 Å². The molecule has 5 rings (SSSR count). The standard InChI is InChI=1S/C28H27N3O4/c1-33-22-10-6-9-21(17-22)29-28(32)31-18-20-8-4-5-11-23(20)30-15-7-12-24(30)27(31)19-13-14-25(34-2)26(16-19)35-3/h4-17,27H,18H2,1-3H3,(H,29,32). The number of aromatic nitrogens is 1. The van der Waals surface area contributed by atoms with Gasteiger partial charge in [-0.15, -0.1) is 0 Å². The van der Waals surface area contributed by atoms with Crippen LogP contribution < -0.4 is 19.5 Å². The first-order valence-corrected chi connectivity index (χ1v) is 11.3. The molecule has 1 aliphatic heterocycles. The number of para-hydroxylation sites is 1. The molecule has 7 heteroatoms. The highest BCUT2D eigenvalue weighted by molar-refractivity contribution is 5.90. The Morgan fingerprint density at radius 3 is 2.49 bits per heavy atom. The fraction of sp³-hybridized carbons (Fsp3) is 0.179. The first-order chi connectivity index (χ1) is 17.1. The van der Waals surface area contributed by atoms with Gasteiger partial charge in [0.1, 0.15) is 5.75 Å². The van der Waals surface area contributed by atoms with Crippen molar-refractivity contribution in [2.75, 3.05) is 26.6 Å². The molecule has 1 aromatic heterocycles. The molecule has 1 N–H and O–H groups in total. The van der Waals surface area contributed by atoms with Gasteiger partial charge in [-0.05, 0) is 53.6 Å². The summed E-state index contributed by atoms with van der Waals surface area (Å²) in [6.07, 6.45) is 2.03. The van der Waals surface area contributed by atoms with Gasteiger partial charge in [0.15, 0.2) is 11.5 Å². The van der Waals surface area contributed by atoms with E-state index in [4.69, 9.17) is 14.2 Å². The number of urea groups is 1. The summed E-state index contributed by atoms with van der Waals surface area (Å²) in [5.41, 5.74) is 4.65. The van der Waals surface area contributed by atoms with Crippen LogP contribution in [0.3, 0.4) is 0 Å². The third-order valence-corrected chi connectivity index (χ3v) is 6.27. The quantitative estimate of drug-likeness (QED) is 0.411. The number of methoxy groups -OCH3 is 3. The number of fused-ring (bicyclic) bond motifs is 3. The Bertz CT molecular complexity index is 1360. The van der Waals surface area contributed by atoms with E-state index < -0.39 is 0 Å². The Kier molecular flexibility index (Phi) is 6.06. The number of rotatable bonds is 5. The molecule has 0 saturated heterocycles. The molecule has 3 aromatic carbocycles. The average Bonchev–Trinajstić information content (AvgIpc) is 3.32. The molecule has 0 spiro atoms. The number of ether oxygens (including phenoxy) is 3. The summed E-state index contributed by atoms with van der Waals surface area (Å²) in [5, 5.41) is 3.06. The summed E-state index contributed by atoms with van der Waals surface area (Å²) in [6.45, 7) is 0.423. The molecule has 0 aliphatic carbocycles. The third-order valence-electron chi connectivity index (χ3n) is 6.27. The van der Waals surface area contributed by atoms with Crippen LogP contribution >= 0.6 is 0 Å². The zero-order valence-corrected chi connectivity index (χ0v) is 19.9. The molecule has 0 fully saturated rings. The molecule has 1 aliphatic rings. The molecule has 4 aromatic rings. The molecule has 0 radical (unpaired) electrons. The van der Waals surface area contributed by atoms with Gasteiger partial charge in [0.2, 0.25) is 0 Å². The Hall–Kier alpha value is -4.39. The number of carbonyl (C=O) groups excluding carboxylic acids is 1. The van der Waals surface area contributed by atoms with Gasteiger partial charge < -0.3 is 29.0 Å². The molecule has 0 saturated carbocycles. The first kappa shape index (κ1) is 22.4. The SMILES string of the molecule is COc1cccc(NC(=O)N2Cc3ccccc3-n3cccc3C2c2ccc(OC)c(OC)c2)c1. The minimum Gasteiger partial charge on any atom is -0.497 e. The van der Waals surface area contributed by atoms with Gasteiger partial charge >= 0.3 is 6.03 Å². The number of nitrogens with one attached hydrogen (secondary N) is 1. The van der Waals surface area contributed by atoms with Crippen LogP contribution in [0, 0.1) is 0 Å². The Morgan fingerprint density at radius 2 is 1.69 bits per heavy atom. The predicted octanol–water partition coefficient (Wildman–Crippen LogP) is 5.64. The van der Waals surface area contributed by atoms with E-state index in [0.29, 0.717) is 29.5 Å². The molecular formula is C28H27N3O4. The molecule has 0 bridgehead atoms. The normalized spacial score (nSPS) is 14.4. The van der Waals surface area contributed by atoms with Gasteiger partial charge in [-0.2, -0.15) is 0 Å². The summed E-state index contributed by atoms with van der Waals surface area (Å²) < 4.78 is 18.5. The van der Waals surface area contributed by atoms with Crippen molar-refractivity contribution in [1.82, 2.24) is 9.47 Å². The van der Waals surface area contributed by atoms with Crippen LogP contribution in [0.4, 0.5) is 10.5 Å². The smallest absolute Gasteiger partial charge is 0.322 e. The largest absolute Gasteiger partial charge is 0.497 e. The fourth-order valence-electron chi connectivity index (χ4n) is 4.61. The average molecular weight is 470 g/mol. The van der Waals surface area contributed by atoms with Crippen molar-refractivity contribution in [3.05, 3.63) is 102 Å². The molecule has 7 nitrogen and oxygen atoms in total. The van der Waals surface area contributed by atoms with Crippen molar-refractivity contribution in [2.24, 2.45) is 0 Å². The maximum atomic E-state index is 13.8. The van der Waals surface area contributed by atoms with Crippen molar-refractivity contribution < 1.29 is 19.0 Å². The van der Waals surface area contributed by atoms with Crippen LogP contribution in [0.5, 0.6) is 17.2 Å². The number of hydrogen-bond acceptors (Lipinski definition) is 4. The van der Waals surface area contributed by atoms with E-state index >= 15 is 0 Å². The lowest BCUT2D eigenvalue weighted by molar-refractivity contribution is 0.194. The maximum Gasteiger partial charge on any atom is 0.322 e. The van der Waals surface area contributed by atoms with Gasteiger partial charge in [0, 0.05) is 23.6 Å². The van der Waals surface area contributed by atoms with E-state index in [1.165, 1.54) is 0 Å². The van der Waals surface area contributed by atoms with Crippen LogP contribution in [0.15, 0.2) is 85.1 Å². The second-order valence-electron chi connectivity index (χ2n) is 8.24. The topological polar surface area (TPSA) is 65.0 Å². The molecule has 1 unspecified atom stereocenters. The molecule has 2 amide bonds. The van der Waals surface area contributed by atoms with Gasteiger partial charge in [-0.1, -0.05) is 30.3 Å². The fourth-order valence-corrected chi connectivity index (χ4v) is 4.61. The predicted molar refractivity (Wildman–Crippen MR) is 135 cm³/mol. The third kappa shape index (κ3) is 4.17. The van der Waals surface area contributed by atoms with E-state index in [1.54, 1.807) is 27.4 Å². The molecule has 178 valence electrons. The van der Waals surface area contributed by atoms with Crippen LogP contribution in [0.2, 0.25) is 0 Å². The number of hydrogen-bond donors (Lipinski definition) is 1. The van der Waals surface area contributed by atoms with Crippen LogP contribution in [-0.2, 0) is 6.54 Å². The minimum absolute atomic E-state index is 0.220. The summed E-state index contributed by atoms with van der Waals surface area (Å²) in [7, 11) is 4.83. The number of nitrogens with zero attached hydrogens (tertiary/aromatic N) is 2. The van der Waals surface area contributed by atoms with E-state index in [9.17, 15) is 4.79 Å². The lowest BCUT2D eigenvalue weighted by atomic mass is 10.0. The molecule has 35 heavy (non-hydrogen) atoms. The maximum absolute atomic E-state index is 13.8. The zero-order valence-electron chi connectivity index (χ0n) is 19.9. The van der Waals surface area contributed by atoms with Gasteiger partial charge in [-0.25, -0.2) is 4.79 Å². The van der Waals surface area contributed by atoms with Crippen LogP contribution in [-0.4, -0.2) is 36.8 Å². The minimum atomic E-state index is -0.372. The van der Waals surface area contributed by atoms with Gasteiger partial charge in [0.25, 0.3) is 0 Å². The van der Waals surface area contributed by atoms with Crippen LogP contribution in [0.25, 0.3) is 5.69 Å². The van der Waals surface area contributed by atoms with Crippen molar-refractivity contribution in [3.8, 4) is 22.9 Å². The Balaban J connectivity index is 1.63. The van der Waals surface area contributed by atoms with E-state index in [-0.39, 0.29) is 12.1 Å². The number of amides is 2. The lowest BCUT2D eigenvalue weighted by Crippen LogP contribution is -2.37. The highest BCUT2D eigenvalue weighted by Crippen LogP contribution is 2.39. The Morgan fingerprint density at radius 1 is 0.857 bits per heavy atom. The summed E-state index contributed by atoms with van der Waals surface area (Å²) >= 11 is 0. The molecule has 1 atom stereocenters. The molecular weight excluding hydrogens is 442 g/mol. The first-order valence-electron chi connectivity index (χ1n) is 11.3. The molecule has 2 heterocycles. The zero-order chi connectivity index (χ0) is 24.4. The van der Waals surface area contributed by atoms with Gasteiger partial charge in [0.05, 0.1) is 39.6 Å². The monoisotopic (exact) mass is 469 g/mol. The number of anilines is 1. The van der Waals surface area contributed by atoms with Crippen molar-refractivity contribution >= 4 is 11.7 Å². The second-order valence-corrected chi connectivity index (χ2v) is 8.24. The highest BCUT2D eigenvalue weighted by Gasteiger charge is 2.33. The lowest BCUT2D eigenvalue weighted by Gasteiger charge is -2.31. The van der Waals surface area contributed by atoms with E-state index in [0.717, 1.165) is 22.5 Å². The summed E-state index contributed by atoms with van der Waals surface area (Å²) in [6, 6.07) is 24.7. The number of benzene rings is 3. The highest BCUT2D eigenvalue weighted by atomic mass is 16.5. The van der Waals surface area contributed by atoms with Crippen molar-refractivity contribution in [2.45, 2.75) is 12.6 Å². The summed E-state index contributed by atoms with van der Waals surface area (Å²) in [4.78, 5) is 15.7. The second kappa shape index (κ2) is 9.46.